The fourth-order valence-corrected chi connectivity index (χ4v) is 1.33. The molecule has 3 heteroatoms. The van der Waals surface area contributed by atoms with E-state index in [1.54, 1.807) is 0 Å². The molecule has 0 bridgehead atoms. The number of hydrogen-bond acceptors (Lipinski definition) is 2. The van der Waals surface area contributed by atoms with Crippen molar-refractivity contribution < 1.29 is 4.79 Å². The topological polar surface area (TPSA) is 34.9 Å². The lowest BCUT2D eigenvalue weighted by Crippen LogP contribution is -2.06. The van der Waals surface area contributed by atoms with E-state index in [-0.39, 0.29) is 5.78 Å². The van der Waals surface area contributed by atoms with Gasteiger partial charge in [-0.25, -0.2) is 0 Å². The van der Waals surface area contributed by atoms with Gasteiger partial charge in [0.2, 0.25) is 0 Å². The molecule has 0 spiro atoms. The third-order valence-corrected chi connectivity index (χ3v) is 2.02. The van der Waals surface area contributed by atoms with Gasteiger partial charge in [-0.05, 0) is 26.8 Å². The van der Waals surface area contributed by atoms with Crippen LogP contribution in [0.15, 0.2) is 6.07 Å². The zero-order valence-corrected chi connectivity index (χ0v) is 8.66. The van der Waals surface area contributed by atoms with E-state index < -0.39 is 0 Å². The van der Waals surface area contributed by atoms with E-state index in [0.29, 0.717) is 18.2 Å². The van der Waals surface area contributed by atoms with Gasteiger partial charge in [0.05, 0.1) is 0 Å². The Morgan fingerprint density at radius 2 is 2.23 bits per heavy atom. The summed E-state index contributed by atoms with van der Waals surface area (Å²) in [7, 11) is 0. The smallest absolute Gasteiger partial charge is 0.182 e. The summed E-state index contributed by atoms with van der Waals surface area (Å²) in [6, 6.07) is 2.17. The second-order valence-electron chi connectivity index (χ2n) is 3.49. The van der Waals surface area contributed by atoms with Gasteiger partial charge in [-0.1, -0.05) is 6.92 Å². The Kier molecular flexibility index (Phi) is 2.86. The SMILES string of the molecule is CCC(=O)c1cc(C)n(C(C)C)n1. The van der Waals surface area contributed by atoms with Crippen LogP contribution in [-0.2, 0) is 0 Å². The van der Waals surface area contributed by atoms with Crippen LogP contribution in [0.4, 0.5) is 0 Å². The molecule has 0 aliphatic rings. The summed E-state index contributed by atoms with van der Waals surface area (Å²) in [6.07, 6.45) is 0.522. The Morgan fingerprint density at radius 3 is 2.62 bits per heavy atom. The predicted molar refractivity (Wildman–Crippen MR) is 52.0 cm³/mol. The van der Waals surface area contributed by atoms with Gasteiger partial charge in [0.25, 0.3) is 0 Å². The number of Topliss-reactive ketones (excluding diaryl/α,β-unsaturated/α-hetero) is 1. The summed E-state index contributed by atoms with van der Waals surface area (Å²) in [4.78, 5) is 11.3. The minimum atomic E-state index is 0.113. The lowest BCUT2D eigenvalue weighted by atomic mass is 10.2. The lowest BCUT2D eigenvalue weighted by Gasteiger charge is -2.06. The average molecular weight is 180 g/mol. The monoisotopic (exact) mass is 180 g/mol. The summed E-state index contributed by atoms with van der Waals surface area (Å²) in [5, 5.41) is 4.25. The highest BCUT2D eigenvalue weighted by molar-refractivity contribution is 5.94. The lowest BCUT2D eigenvalue weighted by molar-refractivity contribution is 0.0982. The number of ketones is 1. The van der Waals surface area contributed by atoms with Crippen molar-refractivity contribution in [1.29, 1.82) is 0 Å². The van der Waals surface area contributed by atoms with Crippen molar-refractivity contribution in [2.75, 3.05) is 0 Å². The van der Waals surface area contributed by atoms with Gasteiger partial charge in [-0.3, -0.25) is 9.48 Å². The molecule has 0 fully saturated rings. The number of hydrogen-bond donors (Lipinski definition) is 0. The largest absolute Gasteiger partial charge is 0.292 e. The van der Waals surface area contributed by atoms with Crippen LogP contribution in [0.3, 0.4) is 0 Å². The molecule has 0 saturated heterocycles. The van der Waals surface area contributed by atoms with E-state index in [0.717, 1.165) is 5.69 Å². The van der Waals surface area contributed by atoms with E-state index in [1.807, 2.05) is 24.6 Å². The molecule has 0 aliphatic heterocycles. The van der Waals surface area contributed by atoms with Gasteiger partial charge in [-0.15, -0.1) is 0 Å². The van der Waals surface area contributed by atoms with Crippen molar-refractivity contribution in [3.8, 4) is 0 Å². The van der Waals surface area contributed by atoms with Gasteiger partial charge in [0, 0.05) is 18.2 Å². The van der Waals surface area contributed by atoms with Crippen LogP contribution in [0.5, 0.6) is 0 Å². The molecule has 13 heavy (non-hydrogen) atoms. The molecule has 0 atom stereocenters. The Morgan fingerprint density at radius 1 is 1.62 bits per heavy atom. The molecular formula is C10H16N2O. The molecular weight excluding hydrogens is 164 g/mol. The minimum absolute atomic E-state index is 0.113. The maximum Gasteiger partial charge on any atom is 0.182 e. The molecule has 0 N–H and O–H groups in total. The minimum Gasteiger partial charge on any atom is -0.292 e. The highest BCUT2D eigenvalue weighted by Gasteiger charge is 2.11. The first-order valence-electron chi connectivity index (χ1n) is 4.65. The molecule has 1 rings (SSSR count). The number of carbonyl (C=O) groups excluding carboxylic acids is 1. The van der Waals surface area contributed by atoms with Crippen LogP contribution in [0.1, 0.15) is 49.4 Å². The fourth-order valence-electron chi connectivity index (χ4n) is 1.33. The normalized spacial score (nSPS) is 10.8. The van der Waals surface area contributed by atoms with Crippen LogP contribution in [-0.4, -0.2) is 15.6 Å². The van der Waals surface area contributed by atoms with E-state index in [2.05, 4.69) is 18.9 Å². The van der Waals surface area contributed by atoms with Crippen molar-refractivity contribution >= 4 is 5.78 Å². The molecule has 0 aromatic carbocycles. The zero-order valence-electron chi connectivity index (χ0n) is 8.66. The van der Waals surface area contributed by atoms with Gasteiger partial charge in [-0.2, -0.15) is 5.10 Å². The summed E-state index contributed by atoms with van der Waals surface area (Å²) in [5.41, 5.74) is 1.64. The van der Waals surface area contributed by atoms with Crippen molar-refractivity contribution in [2.24, 2.45) is 0 Å². The van der Waals surface area contributed by atoms with Gasteiger partial charge < -0.3 is 0 Å². The Hall–Kier alpha value is -1.12. The number of carbonyl (C=O) groups is 1. The second kappa shape index (κ2) is 3.73. The maximum atomic E-state index is 11.3. The third-order valence-electron chi connectivity index (χ3n) is 2.02. The molecule has 0 amide bonds. The Balaban J connectivity index is 3.02. The van der Waals surface area contributed by atoms with Crippen molar-refractivity contribution in [3.63, 3.8) is 0 Å². The van der Waals surface area contributed by atoms with Crippen LogP contribution in [0.2, 0.25) is 0 Å². The van der Waals surface area contributed by atoms with Gasteiger partial charge >= 0.3 is 0 Å². The van der Waals surface area contributed by atoms with E-state index in [9.17, 15) is 4.79 Å². The highest BCUT2D eigenvalue weighted by atomic mass is 16.1. The molecule has 1 aromatic rings. The molecule has 0 saturated carbocycles. The molecule has 0 aliphatic carbocycles. The number of nitrogens with zero attached hydrogens (tertiary/aromatic N) is 2. The van der Waals surface area contributed by atoms with E-state index in [1.165, 1.54) is 0 Å². The van der Waals surface area contributed by atoms with E-state index in [4.69, 9.17) is 0 Å². The highest BCUT2D eigenvalue weighted by Crippen LogP contribution is 2.11. The van der Waals surface area contributed by atoms with Crippen LogP contribution >= 0.6 is 0 Å². The van der Waals surface area contributed by atoms with E-state index >= 15 is 0 Å². The summed E-state index contributed by atoms with van der Waals surface area (Å²) in [6.45, 7) is 7.94. The Labute approximate surface area is 78.8 Å². The average Bonchev–Trinajstić information content (AvgIpc) is 2.46. The first kappa shape index (κ1) is 9.96. The standard InChI is InChI=1S/C10H16N2O/c1-5-10(13)9-6-8(4)12(11-9)7(2)3/h6-7H,5H2,1-4H3. The number of rotatable bonds is 3. The summed E-state index contributed by atoms with van der Waals surface area (Å²) >= 11 is 0. The van der Waals surface area contributed by atoms with Crippen molar-refractivity contribution in [2.45, 2.75) is 40.2 Å². The first-order valence-corrected chi connectivity index (χ1v) is 4.65. The van der Waals surface area contributed by atoms with Crippen LogP contribution < -0.4 is 0 Å². The fraction of sp³-hybridized carbons (Fsp3) is 0.600. The van der Waals surface area contributed by atoms with Crippen molar-refractivity contribution in [1.82, 2.24) is 9.78 Å². The summed E-state index contributed by atoms with van der Waals surface area (Å²) < 4.78 is 1.88. The molecule has 72 valence electrons. The summed E-state index contributed by atoms with van der Waals surface area (Å²) in [5.74, 6) is 0.113. The Bertz CT molecular complexity index is 313. The number of aryl methyl sites for hydroxylation is 1. The zero-order chi connectivity index (χ0) is 10.0. The molecule has 0 radical (unpaired) electrons. The van der Waals surface area contributed by atoms with Crippen LogP contribution in [0.25, 0.3) is 0 Å². The quantitative estimate of drug-likeness (QED) is 0.669. The molecule has 1 aromatic heterocycles. The molecule has 1 heterocycles. The first-order chi connectivity index (χ1) is 6.06. The predicted octanol–water partition coefficient (Wildman–Crippen LogP) is 2.37. The number of aromatic nitrogens is 2. The van der Waals surface area contributed by atoms with Crippen molar-refractivity contribution in [3.05, 3.63) is 17.5 Å². The van der Waals surface area contributed by atoms with Gasteiger partial charge in [0.15, 0.2) is 5.78 Å². The third kappa shape index (κ3) is 1.97. The maximum absolute atomic E-state index is 11.3. The molecule has 3 nitrogen and oxygen atoms in total. The van der Waals surface area contributed by atoms with Crippen LogP contribution in [0, 0.1) is 6.92 Å². The molecule has 0 unspecified atom stereocenters. The second-order valence-corrected chi connectivity index (χ2v) is 3.49. The van der Waals surface area contributed by atoms with Gasteiger partial charge in [0.1, 0.15) is 5.69 Å².